The number of aryl methyl sites for hydroxylation is 2. The third kappa shape index (κ3) is 3.95. The van der Waals surface area contributed by atoms with E-state index in [1.807, 2.05) is 13.8 Å². The fraction of sp³-hybridized carbons (Fsp3) is 0.312. The van der Waals surface area contributed by atoms with Crippen LogP contribution in [0, 0.1) is 13.8 Å². The molecule has 124 valence electrons. The van der Waals surface area contributed by atoms with Crippen molar-refractivity contribution >= 4 is 27.3 Å². The maximum Gasteiger partial charge on any atom is 0.234 e. The first-order chi connectivity index (χ1) is 10.9. The fourth-order valence-corrected chi connectivity index (χ4v) is 3.91. The Hall–Kier alpha value is -1.79. The Morgan fingerprint density at radius 2 is 2.00 bits per heavy atom. The lowest BCUT2D eigenvalue weighted by Crippen LogP contribution is -2.32. The standard InChI is InChI=1S/C16H18ClNO4S/c1-11-5-6-13(8-12(11)2)23(20,21)15(10-18-16(19)9-17)14-4-3-7-22-14/h3-8,15H,9-10H2,1-2H3,(H,18,19)/t15-/m1/s1. The van der Waals surface area contributed by atoms with Crippen molar-refractivity contribution < 1.29 is 17.6 Å². The minimum absolute atomic E-state index is 0.103. The number of furan rings is 1. The maximum absolute atomic E-state index is 13.0. The average molecular weight is 356 g/mol. The summed E-state index contributed by atoms with van der Waals surface area (Å²) in [5.41, 5.74) is 1.89. The zero-order valence-corrected chi connectivity index (χ0v) is 14.4. The van der Waals surface area contributed by atoms with E-state index < -0.39 is 21.0 Å². The molecule has 1 amide bonds. The lowest BCUT2D eigenvalue weighted by molar-refractivity contribution is -0.118. The molecule has 0 saturated carbocycles. The van der Waals surface area contributed by atoms with Crippen LogP contribution in [0.5, 0.6) is 0 Å². The second kappa shape index (κ2) is 7.19. The van der Waals surface area contributed by atoms with Crippen molar-refractivity contribution in [2.24, 2.45) is 0 Å². The van der Waals surface area contributed by atoms with Gasteiger partial charge in [0.25, 0.3) is 0 Å². The summed E-state index contributed by atoms with van der Waals surface area (Å²) in [5, 5.41) is 1.50. The van der Waals surface area contributed by atoms with E-state index >= 15 is 0 Å². The van der Waals surface area contributed by atoms with E-state index in [0.717, 1.165) is 11.1 Å². The molecule has 1 N–H and O–H groups in total. The zero-order chi connectivity index (χ0) is 17.0. The van der Waals surface area contributed by atoms with Crippen molar-refractivity contribution in [3.05, 3.63) is 53.5 Å². The molecule has 1 aromatic carbocycles. The van der Waals surface area contributed by atoms with Gasteiger partial charge in [0.2, 0.25) is 5.91 Å². The number of nitrogens with one attached hydrogen (secondary N) is 1. The van der Waals surface area contributed by atoms with Gasteiger partial charge in [-0.05, 0) is 49.2 Å². The lowest BCUT2D eigenvalue weighted by Gasteiger charge is -2.17. The highest BCUT2D eigenvalue weighted by atomic mass is 35.5. The van der Waals surface area contributed by atoms with Crippen molar-refractivity contribution in [1.29, 1.82) is 0 Å². The normalized spacial score (nSPS) is 12.8. The van der Waals surface area contributed by atoms with E-state index in [2.05, 4.69) is 5.32 Å². The molecule has 1 aromatic heterocycles. The number of hydrogen-bond acceptors (Lipinski definition) is 4. The minimum atomic E-state index is -3.72. The first-order valence-corrected chi connectivity index (χ1v) is 9.11. The number of carbonyl (C=O) groups excluding carboxylic acids is 1. The molecule has 0 radical (unpaired) electrons. The van der Waals surface area contributed by atoms with Gasteiger partial charge in [0.15, 0.2) is 9.84 Å². The molecule has 0 aliphatic rings. The van der Waals surface area contributed by atoms with Gasteiger partial charge < -0.3 is 9.73 Å². The molecular formula is C16H18ClNO4S. The Balaban J connectivity index is 2.40. The van der Waals surface area contributed by atoms with Crippen LogP contribution in [0.4, 0.5) is 0 Å². The number of amides is 1. The SMILES string of the molecule is Cc1ccc(S(=O)(=O)[C@H](CNC(=O)CCl)c2ccco2)cc1C. The summed E-state index contributed by atoms with van der Waals surface area (Å²) in [4.78, 5) is 11.6. The van der Waals surface area contributed by atoms with Gasteiger partial charge in [-0.25, -0.2) is 8.42 Å². The molecule has 1 heterocycles. The van der Waals surface area contributed by atoms with Gasteiger partial charge in [0.1, 0.15) is 16.9 Å². The molecular weight excluding hydrogens is 338 g/mol. The molecule has 0 aliphatic heterocycles. The predicted molar refractivity (Wildman–Crippen MR) is 88.3 cm³/mol. The molecule has 23 heavy (non-hydrogen) atoms. The van der Waals surface area contributed by atoms with E-state index in [-0.39, 0.29) is 23.1 Å². The highest BCUT2D eigenvalue weighted by Gasteiger charge is 2.32. The van der Waals surface area contributed by atoms with Crippen LogP contribution in [0.1, 0.15) is 22.1 Å². The Kier molecular flexibility index (Phi) is 5.49. The van der Waals surface area contributed by atoms with Crippen LogP contribution in [-0.4, -0.2) is 26.7 Å². The van der Waals surface area contributed by atoms with Crippen molar-refractivity contribution in [1.82, 2.24) is 5.32 Å². The monoisotopic (exact) mass is 355 g/mol. The minimum Gasteiger partial charge on any atom is -0.468 e. The van der Waals surface area contributed by atoms with Crippen LogP contribution in [0.2, 0.25) is 0 Å². The van der Waals surface area contributed by atoms with Gasteiger partial charge >= 0.3 is 0 Å². The third-order valence-electron chi connectivity index (χ3n) is 3.65. The molecule has 0 aliphatic carbocycles. The summed E-state index contributed by atoms with van der Waals surface area (Å²) in [5.74, 6) is -0.384. The van der Waals surface area contributed by atoms with Gasteiger partial charge in [0.05, 0.1) is 11.2 Å². The molecule has 1 atom stereocenters. The molecule has 2 rings (SSSR count). The summed E-state index contributed by atoms with van der Waals surface area (Å²) >= 11 is 5.44. The molecule has 0 saturated heterocycles. The first kappa shape index (κ1) is 17.6. The molecule has 0 fully saturated rings. The Morgan fingerprint density at radius 1 is 1.26 bits per heavy atom. The molecule has 7 heteroatoms. The van der Waals surface area contributed by atoms with E-state index in [9.17, 15) is 13.2 Å². The summed E-state index contributed by atoms with van der Waals surface area (Å²) in [7, 11) is -3.72. The second-order valence-corrected chi connectivity index (χ2v) is 7.63. The number of sulfone groups is 1. The first-order valence-electron chi connectivity index (χ1n) is 7.03. The van der Waals surface area contributed by atoms with Crippen LogP contribution in [0.3, 0.4) is 0 Å². The van der Waals surface area contributed by atoms with Crippen molar-refractivity contribution in [2.75, 3.05) is 12.4 Å². The average Bonchev–Trinajstić information content (AvgIpc) is 3.03. The number of halogens is 1. The summed E-state index contributed by atoms with van der Waals surface area (Å²) in [6.45, 7) is 3.66. The quantitative estimate of drug-likeness (QED) is 0.808. The van der Waals surface area contributed by atoms with Crippen LogP contribution >= 0.6 is 11.6 Å². The highest BCUT2D eigenvalue weighted by molar-refractivity contribution is 7.91. The molecule has 0 unspecified atom stereocenters. The van der Waals surface area contributed by atoms with Crippen molar-refractivity contribution in [3.8, 4) is 0 Å². The summed E-state index contributed by atoms with van der Waals surface area (Å²) < 4.78 is 31.2. The number of hydrogen-bond donors (Lipinski definition) is 1. The van der Waals surface area contributed by atoms with E-state index in [4.69, 9.17) is 16.0 Å². The summed E-state index contributed by atoms with van der Waals surface area (Å²) in [6, 6.07) is 8.15. The predicted octanol–water partition coefficient (Wildman–Crippen LogP) is 2.77. The van der Waals surface area contributed by atoms with Crippen LogP contribution < -0.4 is 5.32 Å². The smallest absolute Gasteiger partial charge is 0.234 e. The zero-order valence-electron chi connectivity index (χ0n) is 12.9. The Labute approximate surface area is 140 Å². The lowest BCUT2D eigenvalue weighted by atomic mass is 10.1. The summed E-state index contributed by atoms with van der Waals surface area (Å²) in [6.07, 6.45) is 1.40. The van der Waals surface area contributed by atoms with Crippen LogP contribution in [0.25, 0.3) is 0 Å². The third-order valence-corrected chi connectivity index (χ3v) is 5.95. The number of rotatable bonds is 6. The number of carbonyl (C=O) groups is 1. The number of alkyl halides is 1. The largest absolute Gasteiger partial charge is 0.468 e. The molecule has 2 aromatic rings. The van der Waals surface area contributed by atoms with E-state index in [1.54, 1.807) is 30.3 Å². The van der Waals surface area contributed by atoms with Crippen molar-refractivity contribution in [2.45, 2.75) is 24.0 Å². The van der Waals surface area contributed by atoms with Crippen LogP contribution in [-0.2, 0) is 14.6 Å². The Morgan fingerprint density at radius 3 is 2.57 bits per heavy atom. The number of benzene rings is 1. The molecule has 5 nitrogen and oxygen atoms in total. The van der Waals surface area contributed by atoms with Crippen molar-refractivity contribution in [3.63, 3.8) is 0 Å². The van der Waals surface area contributed by atoms with E-state index in [0.29, 0.717) is 0 Å². The molecule has 0 spiro atoms. The molecule has 0 bridgehead atoms. The second-order valence-electron chi connectivity index (χ2n) is 5.23. The van der Waals surface area contributed by atoms with Gasteiger partial charge in [-0.1, -0.05) is 6.07 Å². The van der Waals surface area contributed by atoms with Crippen LogP contribution in [0.15, 0.2) is 45.9 Å². The van der Waals surface area contributed by atoms with Gasteiger partial charge in [-0.15, -0.1) is 11.6 Å². The van der Waals surface area contributed by atoms with Gasteiger partial charge in [-0.2, -0.15) is 0 Å². The topological polar surface area (TPSA) is 76.4 Å². The fourth-order valence-electron chi connectivity index (χ4n) is 2.15. The highest BCUT2D eigenvalue weighted by Crippen LogP contribution is 2.29. The van der Waals surface area contributed by atoms with Gasteiger partial charge in [-0.3, -0.25) is 4.79 Å². The van der Waals surface area contributed by atoms with E-state index in [1.165, 1.54) is 6.26 Å². The Bertz CT molecular complexity index is 784. The van der Waals surface area contributed by atoms with Gasteiger partial charge in [0, 0.05) is 6.54 Å². The maximum atomic E-state index is 13.0.